The average Bonchev–Trinajstić information content (AvgIpc) is 2.45. The van der Waals surface area contributed by atoms with Gasteiger partial charge >= 0.3 is 18.0 Å². The lowest BCUT2D eigenvalue weighted by molar-refractivity contribution is -0.227. The van der Waals surface area contributed by atoms with Crippen LogP contribution in [0, 0.1) is 0 Å². The van der Waals surface area contributed by atoms with Gasteiger partial charge in [-0.25, -0.2) is 0 Å². The fourth-order valence-corrected chi connectivity index (χ4v) is 2.44. The Morgan fingerprint density at radius 1 is 0.826 bits per heavy atom. The molecule has 0 amide bonds. The van der Waals surface area contributed by atoms with Crippen LogP contribution in [0.3, 0.4) is 0 Å². The summed E-state index contributed by atoms with van der Waals surface area (Å²) in [4.78, 5) is 11.6. The van der Waals surface area contributed by atoms with E-state index in [-0.39, 0.29) is 5.56 Å². The maximum Gasteiger partial charge on any atom is 0.389 e. The van der Waals surface area contributed by atoms with Crippen molar-refractivity contribution >= 4 is 16.9 Å². The Labute approximate surface area is 132 Å². The van der Waals surface area contributed by atoms with Crippen LogP contribution in [0.25, 0.3) is 0 Å². The van der Waals surface area contributed by atoms with Gasteiger partial charge in [0, 0.05) is 30.6 Å². The molecule has 0 atom stereocenters. The van der Waals surface area contributed by atoms with Crippen LogP contribution in [0.15, 0.2) is 30.3 Å². The van der Waals surface area contributed by atoms with E-state index in [1.807, 2.05) is 0 Å². The maximum absolute atomic E-state index is 13.4. The molecule has 0 saturated carbocycles. The van der Waals surface area contributed by atoms with Crippen LogP contribution >= 0.6 is 11.8 Å². The maximum atomic E-state index is 13.4. The first-order chi connectivity index (χ1) is 10.4. The van der Waals surface area contributed by atoms with E-state index in [1.165, 1.54) is 12.1 Å². The summed E-state index contributed by atoms with van der Waals surface area (Å²) in [7, 11) is 0. The van der Waals surface area contributed by atoms with Gasteiger partial charge < -0.3 is 0 Å². The molecule has 0 N–H and O–H groups in total. The third-order valence-corrected chi connectivity index (χ3v) is 3.82. The van der Waals surface area contributed by atoms with Gasteiger partial charge in [0.05, 0.1) is 0 Å². The highest BCUT2D eigenvalue weighted by atomic mass is 32.2. The lowest BCUT2D eigenvalue weighted by atomic mass is 10.0. The van der Waals surface area contributed by atoms with Gasteiger partial charge in [-0.1, -0.05) is 42.1 Å². The summed E-state index contributed by atoms with van der Waals surface area (Å²) in [5.41, 5.74) is 0.227. The van der Waals surface area contributed by atoms with Crippen LogP contribution in [0.4, 0.5) is 30.7 Å². The molecule has 0 spiro atoms. The highest BCUT2D eigenvalue weighted by Crippen LogP contribution is 2.42. The highest BCUT2D eigenvalue weighted by Gasteiger charge is 2.56. The molecule has 1 aromatic rings. The Morgan fingerprint density at radius 3 is 1.87 bits per heavy atom. The molecule has 0 aliphatic carbocycles. The van der Waals surface area contributed by atoms with Gasteiger partial charge in [0.1, 0.15) is 0 Å². The topological polar surface area (TPSA) is 17.1 Å². The second kappa shape index (κ2) is 7.55. The summed E-state index contributed by atoms with van der Waals surface area (Å²) in [6.45, 7) is 0. The van der Waals surface area contributed by atoms with E-state index in [4.69, 9.17) is 0 Å². The van der Waals surface area contributed by atoms with Crippen molar-refractivity contribution < 1.29 is 35.5 Å². The van der Waals surface area contributed by atoms with Gasteiger partial charge in [-0.3, -0.25) is 4.79 Å². The molecule has 0 saturated heterocycles. The van der Waals surface area contributed by atoms with Gasteiger partial charge in [0.15, 0.2) is 0 Å². The lowest BCUT2D eigenvalue weighted by Gasteiger charge is -2.26. The van der Waals surface area contributed by atoms with Crippen molar-refractivity contribution in [3.05, 3.63) is 35.9 Å². The molecule has 23 heavy (non-hydrogen) atoms. The number of thioether (sulfide) groups is 1. The van der Waals surface area contributed by atoms with E-state index >= 15 is 0 Å². The minimum Gasteiger partial charge on any atom is -0.282 e. The first kappa shape index (κ1) is 19.8. The van der Waals surface area contributed by atoms with Crippen LogP contribution in [0.5, 0.6) is 0 Å². The molecule has 0 aromatic heterocycles. The molecule has 1 rings (SSSR count). The molecule has 9 heteroatoms. The number of benzene rings is 1. The van der Waals surface area contributed by atoms with Crippen molar-refractivity contribution in [3.8, 4) is 0 Å². The highest BCUT2D eigenvalue weighted by molar-refractivity contribution is 8.14. The van der Waals surface area contributed by atoms with Crippen LogP contribution in [-0.2, 0) is 0 Å². The fraction of sp³-hybridized carbons (Fsp3) is 0.500. The minimum atomic E-state index is -4.93. The zero-order valence-corrected chi connectivity index (χ0v) is 12.5. The van der Waals surface area contributed by atoms with Gasteiger partial charge in [-0.05, 0) is 0 Å². The minimum absolute atomic E-state index is 0.227. The molecule has 0 heterocycles. The number of rotatable bonds is 7. The number of carbonyl (C=O) groups excluding carboxylic acids is 1. The van der Waals surface area contributed by atoms with Crippen molar-refractivity contribution in [2.24, 2.45) is 0 Å². The van der Waals surface area contributed by atoms with Crippen molar-refractivity contribution in [1.82, 2.24) is 0 Å². The second-order valence-corrected chi connectivity index (χ2v) is 5.84. The molecule has 1 nitrogen and oxygen atoms in total. The number of alkyl halides is 7. The van der Waals surface area contributed by atoms with Crippen molar-refractivity contribution in [2.75, 3.05) is 5.75 Å². The van der Waals surface area contributed by atoms with E-state index in [0.717, 1.165) is 0 Å². The Balaban J connectivity index is 2.52. The number of carbonyl (C=O) groups is 1. The molecular weight excluding hydrogens is 349 g/mol. The molecule has 0 aliphatic rings. The van der Waals surface area contributed by atoms with Crippen LogP contribution in [0.2, 0.25) is 0 Å². The summed E-state index contributed by atoms with van der Waals surface area (Å²) in [5, 5.41) is -0.569. The van der Waals surface area contributed by atoms with E-state index in [2.05, 4.69) is 0 Å². The first-order valence-corrected chi connectivity index (χ1v) is 7.48. The van der Waals surface area contributed by atoms with Crippen LogP contribution in [-0.4, -0.2) is 28.9 Å². The zero-order valence-electron chi connectivity index (χ0n) is 11.7. The van der Waals surface area contributed by atoms with Crippen LogP contribution < -0.4 is 0 Å². The zero-order chi connectivity index (χ0) is 17.7. The molecule has 0 fully saturated rings. The Bertz CT molecular complexity index is 514. The Hall–Kier alpha value is -1.25. The summed E-state index contributed by atoms with van der Waals surface area (Å²) in [5.74, 6) is -10.0. The monoisotopic (exact) mass is 362 g/mol. The molecule has 1 aromatic carbocycles. The number of halogens is 7. The predicted molar refractivity (Wildman–Crippen MR) is 73.0 cm³/mol. The summed E-state index contributed by atoms with van der Waals surface area (Å²) >= 11 is 0.422. The molecule has 0 radical (unpaired) electrons. The Kier molecular flexibility index (Phi) is 6.49. The SMILES string of the molecule is O=C(SCCC(F)(F)C(F)(F)CCC(F)(F)F)c1ccccc1. The van der Waals surface area contributed by atoms with Crippen molar-refractivity contribution in [3.63, 3.8) is 0 Å². The average molecular weight is 362 g/mol. The first-order valence-electron chi connectivity index (χ1n) is 6.49. The van der Waals surface area contributed by atoms with Gasteiger partial charge in [-0.2, -0.15) is 30.7 Å². The molecule has 130 valence electrons. The largest absolute Gasteiger partial charge is 0.389 e. The van der Waals surface area contributed by atoms with Gasteiger partial charge in [-0.15, -0.1) is 0 Å². The molecule has 0 bridgehead atoms. The van der Waals surface area contributed by atoms with Crippen molar-refractivity contribution in [1.29, 1.82) is 0 Å². The third kappa shape index (κ3) is 6.40. The standard InChI is InChI=1S/C14H13F7OS/c15-12(16,6-7-14(19,20)21)13(17,18)8-9-23-11(22)10-4-2-1-3-5-10/h1-5H,6-9H2. The molecular formula is C14H13F7OS. The smallest absolute Gasteiger partial charge is 0.282 e. The fourth-order valence-electron chi connectivity index (χ4n) is 1.59. The predicted octanol–water partition coefficient (Wildman–Crippen LogP) is 5.56. The second-order valence-electron chi connectivity index (χ2n) is 4.78. The van der Waals surface area contributed by atoms with E-state index in [9.17, 15) is 35.5 Å². The normalized spacial score (nSPS) is 13.2. The van der Waals surface area contributed by atoms with Crippen molar-refractivity contribution in [2.45, 2.75) is 37.3 Å². The quantitative estimate of drug-likeness (QED) is 0.591. The summed E-state index contributed by atoms with van der Waals surface area (Å²) in [6.07, 6.45) is -10.3. The number of hydrogen-bond acceptors (Lipinski definition) is 2. The van der Waals surface area contributed by atoms with E-state index in [0.29, 0.717) is 11.8 Å². The van der Waals surface area contributed by atoms with E-state index in [1.54, 1.807) is 18.2 Å². The van der Waals surface area contributed by atoms with Gasteiger partial charge in [0.2, 0.25) is 5.12 Å². The van der Waals surface area contributed by atoms with Crippen LogP contribution in [0.1, 0.15) is 29.6 Å². The summed E-state index contributed by atoms with van der Waals surface area (Å²) < 4.78 is 88.9. The van der Waals surface area contributed by atoms with Gasteiger partial charge in [0.25, 0.3) is 0 Å². The Morgan fingerprint density at radius 2 is 1.35 bits per heavy atom. The third-order valence-electron chi connectivity index (χ3n) is 2.92. The summed E-state index contributed by atoms with van der Waals surface area (Å²) in [6, 6.07) is 7.61. The van der Waals surface area contributed by atoms with E-state index < -0.39 is 48.2 Å². The molecule has 0 unspecified atom stereocenters. The molecule has 0 aliphatic heterocycles. The number of hydrogen-bond donors (Lipinski definition) is 0. The lowest BCUT2D eigenvalue weighted by Crippen LogP contribution is -2.41.